The average Bonchev–Trinajstić information content (AvgIpc) is 2.63. The third-order valence-corrected chi connectivity index (χ3v) is 5.23. The Bertz CT molecular complexity index is 1110. The largest absolute Gasteiger partial charge is 0.417 e. The molecule has 0 fully saturated rings. The maximum Gasteiger partial charge on any atom is 0.417 e. The molecular formula is C20H14F4O3S. The van der Waals surface area contributed by atoms with Gasteiger partial charge in [-0.1, -0.05) is 42.0 Å². The highest BCUT2D eigenvalue weighted by atomic mass is 32.2. The molecule has 3 aromatic carbocycles. The van der Waals surface area contributed by atoms with E-state index < -0.39 is 33.4 Å². The molecule has 8 heteroatoms. The molecule has 0 aliphatic rings. The van der Waals surface area contributed by atoms with Gasteiger partial charge in [-0.15, -0.1) is 0 Å². The second kappa shape index (κ2) is 7.27. The smallest absolute Gasteiger partial charge is 0.376 e. The molecule has 0 bridgehead atoms. The van der Waals surface area contributed by atoms with E-state index in [9.17, 15) is 26.0 Å². The van der Waals surface area contributed by atoms with Gasteiger partial charge in [0.05, 0.1) is 5.56 Å². The first kappa shape index (κ1) is 19.9. The molecule has 146 valence electrons. The van der Waals surface area contributed by atoms with Gasteiger partial charge in [-0.25, -0.2) is 4.39 Å². The summed E-state index contributed by atoms with van der Waals surface area (Å²) in [6, 6.07) is 13.5. The van der Waals surface area contributed by atoms with Crippen molar-refractivity contribution < 1.29 is 30.2 Å². The number of halogens is 4. The highest BCUT2D eigenvalue weighted by Crippen LogP contribution is 2.38. The fourth-order valence-electron chi connectivity index (χ4n) is 2.59. The van der Waals surface area contributed by atoms with Crippen molar-refractivity contribution in [1.82, 2.24) is 0 Å². The van der Waals surface area contributed by atoms with Crippen molar-refractivity contribution >= 4 is 10.1 Å². The number of alkyl halides is 3. The van der Waals surface area contributed by atoms with Crippen LogP contribution in [0.25, 0.3) is 11.1 Å². The number of benzene rings is 3. The van der Waals surface area contributed by atoms with Crippen LogP contribution in [0.1, 0.15) is 11.1 Å². The first-order chi connectivity index (χ1) is 13.1. The lowest BCUT2D eigenvalue weighted by Crippen LogP contribution is -2.11. The second-order valence-electron chi connectivity index (χ2n) is 6.04. The third kappa shape index (κ3) is 4.17. The first-order valence-electron chi connectivity index (χ1n) is 8.05. The summed E-state index contributed by atoms with van der Waals surface area (Å²) in [6.07, 6.45) is -4.61. The van der Waals surface area contributed by atoms with Crippen molar-refractivity contribution in [2.75, 3.05) is 0 Å². The van der Waals surface area contributed by atoms with Crippen LogP contribution in [-0.4, -0.2) is 8.42 Å². The Labute approximate surface area is 159 Å². The summed E-state index contributed by atoms with van der Waals surface area (Å²) in [5.41, 5.74) is -0.361. The van der Waals surface area contributed by atoms with Gasteiger partial charge in [0.2, 0.25) is 0 Å². The van der Waals surface area contributed by atoms with Crippen LogP contribution in [0.2, 0.25) is 0 Å². The van der Waals surface area contributed by atoms with E-state index in [1.165, 1.54) is 36.4 Å². The number of hydrogen-bond donors (Lipinski definition) is 0. The minimum absolute atomic E-state index is 0.0505. The Morgan fingerprint density at radius 2 is 1.54 bits per heavy atom. The van der Waals surface area contributed by atoms with E-state index in [0.29, 0.717) is 0 Å². The van der Waals surface area contributed by atoms with Crippen molar-refractivity contribution in [2.24, 2.45) is 0 Å². The van der Waals surface area contributed by atoms with Crippen molar-refractivity contribution in [1.29, 1.82) is 0 Å². The maximum absolute atomic E-state index is 14.4. The molecule has 0 amide bonds. The summed E-state index contributed by atoms with van der Waals surface area (Å²) >= 11 is 0. The predicted molar refractivity (Wildman–Crippen MR) is 95.8 cm³/mol. The first-order valence-corrected chi connectivity index (χ1v) is 9.46. The minimum atomic E-state index is -4.61. The summed E-state index contributed by atoms with van der Waals surface area (Å²) in [5.74, 6) is -1.70. The Hall–Kier alpha value is -2.87. The SMILES string of the molecule is Cc1ccc(S(=O)(=O)Oc2ccc(-c3ccccc3C(F)(F)F)cc2F)cc1. The highest BCUT2D eigenvalue weighted by Gasteiger charge is 2.33. The monoisotopic (exact) mass is 410 g/mol. The van der Waals surface area contributed by atoms with Gasteiger partial charge in [0.25, 0.3) is 0 Å². The lowest BCUT2D eigenvalue weighted by Gasteiger charge is -2.14. The molecule has 0 aliphatic heterocycles. The molecular weight excluding hydrogens is 396 g/mol. The third-order valence-electron chi connectivity index (χ3n) is 3.98. The Balaban J connectivity index is 1.95. The van der Waals surface area contributed by atoms with Gasteiger partial charge in [0.1, 0.15) is 4.90 Å². The number of aryl methyl sites for hydroxylation is 1. The highest BCUT2D eigenvalue weighted by molar-refractivity contribution is 7.87. The van der Waals surface area contributed by atoms with Crippen LogP contribution < -0.4 is 4.18 Å². The van der Waals surface area contributed by atoms with E-state index >= 15 is 0 Å². The quantitative estimate of drug-likeness (QED) is 0.416. The van der Waals surface area contributed by atoms with E-state index in [4.69, 9.17) is 4.18 Å². The van der Waals surface area contributed by atoms with Crippen LogP contribution in [0, 0.1) is 12.7 Å². The average molecular weight is 410 g/mol. The van der Waals surface area contributed by atoms with Crippen LogP contribution >= 0.6 is 0 Å². The van der Waals surface area contributed by atoms with Crippen LogP contribution in [0.5, 0.6) is 5.75 Å². The van der Waals surface area contributed by atoms with Gasteiger partial charge in [0.15, 0.2) is 11.6 Å². The van der Waals surface area contributed by atoms with E-state index in [2.05, 4.69) is 0 Å². The molecule has 0 saturated carbocycles. The van der Waals surface area contributed by atoms with Crippen molar-refractivity contribution in [3.8, 4) is 16.9 Å². The van der Waals surface area contributed by atoms with Gasteiger partial charge in [-0.05, 0) is 48.4 Å². The van der Waals surface area contributed by atoms with Crippen LogP contribution in [0.15, 0.2) is 71.6 Å². The Kier molecular flexibility index (Phi) is 5.16. The fourth-order valence-corrected chi connectivity index (χ4v) is 3.53. The topological polar surface area (TPSA) is 43.4 Å². The van der Waals surface area contributed by atoms with Crippen molar-refractivity contribution in [3.63, 3.8) is 0 Å². The second-order valence-corrected chi connectivity index (χ2v) is 7.59. The standard InChI is InChI=1S/C20H14F4O3S/c1-13-6-9-15(10-7-13)28(25,26)27-19-11-8-14(12-18(19)21)16-4-2-3-5-17(16)20(22,23)24/h2-12H,1H3. The summed E-state index contributed by atoms with van der Waals surface area (Å²) in [7, 11) is -4.28. The molecule has 3 aromatic rings. The minimum Gasteiger partial charge on any atom is -0.376 e. The molecule has 3 rings (SSSR count). The predicted octanol–water partition coefficient (Wildman–Crippen LogP) is 5.59. The maximum atomic E-state index is 14.4. The van der Waals surface area contributed by atoms with E-state index in [1.54, 1.807) is 19.1 Å². The van der Waals surface area contributed by atoms with Crippen LogP contribution in [-0.2, 0) is 16.3 Å². The zero-order valence-electron chi connectivity index (χ0n) is 14.5. The molecule has 0 unspecified atom stereocenters. The summed E-state index contributed by atoms with van der Waals surface area (Å²) < 4.78 is 83.2. The molecule has 3 nitrogen and oxygen atoms in total. The van der Waals surface area contributed by atoms with E-state index in [1.807, 2.05) is 0 Å². The van der Waals surface area contributed by atoms with Gasteiger partial charge >= 0.3 is 16.3 Å². The van der Waals surface area contributed by atoms with Gasteiger partial charge < -0.3 is 4.18 Å². The number of hydrogen-bond acceptors (Lipinski definition) is 3. The lowest BCUT2D eigenvalue weighted by atomic mass is 9.99. The summed E-state index contributed by atoms with van der Waals surface area (Å²) in [6.45, 7) is 1.77. The molecule has 0 N–H and O–H groups in total. The molecule has 0 saturated heterocycles. The Morgan fingerprint density at radius 1 is 0.893 bits per heavy atom. The van der Waals surface area contributed by atoms with Gasteiger partial charge in [0, 0.05) is 0 Å². The molecule has 0 aromatic heterocycles. The van der Waals surface area contributed by atoms with Crippen molar-refractivity contribution in [2.45, 2.75) is 18.0 Å². The normalized spacial score (nSPS) is 12.0. The number of rotatable bonds is 4. The molecule has 0 atom stereocenters. The zero-order chi connectivity index (χ0) is 20.5. The van der Waals surface area contributed by atoms with Crippen LogP contribution in [0.4, 0.5) is 17.6 Å². The molecule has 0 heterocycles. The zero-order valence-corrected chi connectivity index (χ0v) is 15.3. The van der Waals surface area contributed by atoms with Gasteiger partial charge in [-0.3, -0.25) is 0 Å². The van der Waals surface area contributed by atoms with Gasteiger partial charge in [-0.2, -0.15) is 21.6 Å². The van der Waals surface area contributed by atoms with E-state index in [-0.39, 0.29) is 16.0 Å². The molecule has 28 heavy (non-hydrogen) atoms. The van der Waals surface area contributed by atoms with Crippen LogP contribution in [0.3, 0.4) is 0 Å². The Morgan fingerprint density at radius 3 is 2.14 bits per heavy atom. The van der Waals surface area contributed by atoms with Crippen molar-refractivity contribution in [3.05, 3.63) is 83.7 Å². The fraction of sp³-hybridized carbons (Fsp3) is 0.100. The molecule has 0 spiro atoms. The lowest BCUT2D eigenvalue weighted by molar-refractivity contribution is -0.137. The van der Waals surface area contributed by atoms with E-state index in [0.717, 1.165) is 23.8 Å². The molecule has 0 radical (unpaired) electrons. The summed E-state index contributed by atoms with van der Waals surface area (Å²) in [4.78, 5) is -0.163. The molecule has 0 aliphatic carbocycles. The summed E-state index contributed by atoms with van der Waals surface area (Å²) in [5, 5.41) is 0.